The van der Waals surface area contributed by atoms with Crippen LogP contribution in [0.5, 0.6) is 0 Å². The van der Waals surface area contributed by atoms with E-state index in [9.17, 15) is 4.79 Å². The van der Waals surface area contributed by atoms with Gasteiger partial charge in [-0.3, -0.25) is 4.79 Å². The van der Waals surface area contributed by atoms with Crippen LogP contribution in [-0.4, -0.2) is 18.0 Å². The van der Waals surface area contributed by atoms with E-state index in [4.69, 9.17) is 5.73 Å². The number of nitrogens with zero attached hydrogens (tertiary/aromatic N) is 1. The first-order valence-electron chi connectivity index (χ1n) is 6.67. The number of carbonyl (C=O) groups is 1. The van der Waals surface area contributed by atoms with Gasteiger partial charge in [-0.25, -0.2) is 0 Å². The molecule has 1 aliphatic heterocycles. The van der Waals surface area contributed by atoms with E-state index in [1.165, 1.54) is 5.56 Å². The molecule has 0 bridgehead atoms. The summed E-state index contributed by atoms with van der Waals surface area (Å²) in [4.78, 5) is 14.4. The van der Waals surface area contributed by atoms with Crippen LogP contribution in [0.15, 0.2) is 24.3 Å². The van der Waals surface area contributed by atoms with Crippen LogP contribution in [0, 0.1) is 0 Å². The van der Waals surface area contributed by atoms with Crippen LogP contribution in [-0.2, 0) is 4.79 Å². The number of para-hydroxylation sites is 1. The Labute approximate surface area is 109 Å². The van der Waals surface area contributed by atoms with Gasteiger partial charge >= 0.3 is 0 Å². The van der Waals surface area contributed by atoms with Crippen molar-refractivity contribution >= 4 is 11.6 Å². The van der Waals surface area contributed by atoms with Crippen LogP contribution in [0.1, 0.15) is 45.1 Å². The summed E-state index contributed by atoms with van der Waals surface area (Å²) in [5, 5.41) is 0. The summed E-state index contributed by atoms with van der Waals surface area (Å²) in [6, 6.07) is 8.15. The Morgan fingerprint density at radius 3 is 2.83 bits per heavy atom. The summed E-state index contributed by atoms with van der Waals surface area (Å²) in [5.74, 6) is 0.542. The molecule has 1 aliphatic rings. The first-order chi connectivity index (χ1) is 8.47. The quantitative estimate of drug-likeness (QED) is 0.872. The molecule has 1 aromatic rings. The maximum absolute atomic E-state index is 12.5. The van der Waals surface area contributed by atoms with Gasteiger partial charge in [-0.05, 0) is 37.3 Å². The van der Waals surface area contributed by atoms with Crippen LogP contribution in [0.4, 0.5) is 5.69 Å². The molecular weight excluding hydrogens is 224 g/mol. The molecule has 18 heavy (non-hydrogen) atoms. The van der Waals surface area contributed by atoms with E-state index in [2.05, 4.69) is 13.0 Å². The van der Waals surface area contributed by atoms with Gasteiger partial charge in [0.2, 0.25) is 5.91 Å². The Morgan fingerprint density at radius 1 is 1.50 bits per heavy atom. The van der Waals surface area contributed by atoms with Crippen LogP contribution in [0.2, 0.25) is 0 Å². The molecule has 2 rings (SSSR count). The zero-order valence-electron chi connectivity index (χ0n) is 11.4. The highest BCUT2D eigenvalue weighted by Gasteiger charge is 2.34. The van der Waals surface area contributed by atoms with E-state index in [0.717, 1.165) is 18.7 Å². The highest BCUT2D eigenvalue weighted by molar-refractivity contribution is 6.00. The third-order valence-electron chi connectivity index (χ3n) is 4.01. The lowest BCUT2D eigenvalue weighted by molar-refractivity contribution is -0.123. The van der Waals surface area contributed by atoms with Crippen LogP contribution in [0.25, 0.3) is 0 Å². The summed E-state index contributed by atoms with van der Waals surface area (Å²) in [7, 11) is 0. The van der Waals surface area contributed by atoms with Crippen LogP contribution >= 0.6 is 0 Å². The monoisotopic (exact) mass is 246 g/mol. The second-order valence-electron chi connectivity index (χ2n) is 5.48. The molecule has 1 aromatic carbocycles. The van der Waals surface area contributed by atoms with Crippen molar-refractivity contribution in [3.05, 3.63) is 29.8 Å². The van der Waals surface area contributed by atoms with E-state index in [-0.39, 0.29) is 5.91 Å². The van der Waals surface area contributed by atoms with Crippen molar-refractivity contribution in [3.63, 3.8) is 0 Å². The number of benzene rings is 1. The Balaban J connectivity index is 2.38. The number of nitrogens with two attached hydrogens (primary N) is 1. The van der Waals surface area contributed by atoms with E-state index < -0.39 is 5.54 Å². The molecule has 3 heteroatoms. The van der Waals surface area contributed by atoms with E-state index in [1.54, 1.807) is 0 Å². The molecule has 98 valence electrons. The van der Waals surface area contributed by atoms with Crippen molar-refractivity contribution in [1.29, 1.82) is 0 Å². The molecular formula is C15H22N2O. The number of hydrogen-bond donors (Lipinski definition) is 1. The number of rotatable bonds is 2. The largest absolute Gasteiger partial charge is 0.318 e. The zero-order valence-corrected chi connectivity index (χ0v) is 11.4. The summed E-state index contributed by atoms with van der Waals surface area (Å²) >= 11 is 0. The van der Waals surface area contributed by atoms with Gasteiger partial charge in [0, 0.05) is 12.2 Å². The maximum Gasteiger partial charge on any atom is 0.246 e. The van der Waals surface area contributed by atoms with Gasteiger partial charge in [-0.15, -0.1) is 0 Å². The lowest BCUT2D eigenvalue weighted by atomic mass is 9.89. The Bertz CT molecular complexity index is 454. The number of anilines is 1. The first-order valence-corrected chi connectivity index (χ1v) is 6.67. The second-order valence-corrected chi connectivity index (χ2v) is 5.48. The van der Waals surface area contributed by atoms with E-state index in [0.29, 0.717) is 12.3 Å². The third-order valence-corrected chi connectivity index (χ3v) is 4.01. The molecule has 0 fully saturated rings. The van der Waals surface area contributed by atoms with Gasteiger partial charge in [0.25, 0.3) is 0 Å². The van der Waals surface area contributed by atoms with Crippen molar-refractivity contribution in [3.8, 4) is 0 Å². The fourth-order valence-electron chi connectivity index (χ4n) is 2.42. The van der Waals surface area contributed by atoms with Gasteiger partial charge in [0.05, 0.1) is 5.54 Å². The molecule has 0 radical (unpaired) electrons. The molecule has 0 saturated carbocycles. The summed E-state index contributed by atoms with van der Waals surface area (Å²) < 4.78 is 0. The smallest absolute Gasteiger partial charge is 0.246 e. The standard InChI is InChI=1S/C15H22N2O/c1-4-15(3,16)14(18)17-10-9-11(2)12-7-5-6-8-13(12)17/h5-8,11H,4,9-10,16H2,1-3H3. The number of fused-ring (bicyclic) bond motifs is 1. The Kier molecular flexibility index (Phi) is 3.44. The van der Waals surface area contributed by atoms with Crippen molar-refractivity contribution < 1.29 is 4.79 Å². The lowest BCUT2D eigenvalue weighted by Gasteiger charge is -2.37. The SMILES string of the molecule is CCC(C)(N)C(=O)N1CCC(C)c2ccccc21. The Hall–Kier alpha value is -1.35. The minimum absolute atomic E-state index is 0.0318. The third kappa shape index (κ3) is 2.15. The predicted octanol–water partition coefficient (Wildman–Crippen LogP) is 2.65. The molecule has 0 spiro atoms. The molecule has 1 heterocycles. The normalized spacial score (nSPS) is 22.2. The minimum Gasteiger partial charge on any atom is -0.318 e. The molecule has 0 aromatic heterocycles. The summed E-state index contributed by atoms with van der Waals surface area (Å²) in [6.07, 6.45) is 1.66. The van der Waals surface area contributed by atoms with E-state index >= 15 is 0 Å². The van der Waals surface area contributed by atoms with Crippen LogP contribution in [0.3, 0.4) is 0 Å². The minimum atomic E-state index is -0.770. The zero-order chi connectivity index (χ0) is 13.3. The highest BCUT2D eigenvalue weighted by Crippen LogP contribution is 2.35. The molecule has 0 aliphatic carbocycles. The molecule has 2 unspecified atom stereocenters. The van der Waals surface area contributed by atoms with Gasteiger partial charge < -0.3 is 10.6 Å². The first kappa shape index (κ1) is 13.1. The van der Waals surface area contributed by atoms with Crippen LogP contribution < -0.4 is 10.6 Å². The van der Waals surface area contributed by atoms with Gasteiger partial charge in [-0.1, -0.05) is 32.0 Å². The number of hydrogen-bond acceptors (Lipinski definition) is 2. The lowest BCUT2D eigenvalue weighted by Crippen LogP contribution is -2.54. The fraction of sp³-hybridized carbons (Fsp3) is 0.533. The van der Waals surface area contributed by atoms with Crippen molar-refractivity contribution in [1.82, 2.24) is 0 Å². The summed E-state index contributed by atoms with van der Waals surface area (Å²) in [5.41, 5.74) is 7.61. The second kappa shape index (κ2) is 4.73. The van der Waals surface area contributed by atoms with Gasteiger partial charge in [0.1, 0.15) is 0 Å². The number of amides is 1. The fourth-order valence-corrected chi connectivity index (χ4v) is 2.42. The van der Waals surface area contributed by atoms with Crippen molar-refractivity contribution in [2.75, 3.05) is 11.4 Å². The molecule has 2 atom stereocenters. The van der Waals surface area contributed by atoms with Crippen molar-refractivity contribution in [2.45, 2.75) is 45.1 Å². The number of carbonyl (C=O) groups excluding carboxylic acids is 1. The van der Waals surface area contributed by atoms with E-state index in [1.807, 2.05) is 36.9 Å². The Morgan fingerprint density at radius 2 is 2.17 bits per heavy atom. The highest BCUT2D eigenvalue weighted by atomic mass is 16.2. The van der Waals surface area contributed by atoms with Gasteiger partial charge in [0.15, 0.2) is 0 Å². The van der Waals surface area contributed by atoms with Gasteiger partial charge in [-0.2, -0.15) is 0 Å². The average molecular weight is 246 g/mol. The maximum atomic E-state index is 12.5. The topological polar surface area (TPSA) is 46.3 Å². The molecule has 0 saturated heterocycles. The molecule has 1 amide bonds. The molecule has 3 nitrogen and oxygen atoms in total. The van der Waals surface area contributed by atoms with Crippen molar-refractivity contribution in [2.24, 2.45) is 5.73 Å². The summed E-state index contributed by atoms with van der Waals surface area (Å²) in [6.45, 7) is 6.75. The molecule has 2 N–H and O–H groups in total. The average Bonchev–Trinajstić information content (AvgIpc) is 2.39. The predicted molar refractivity (Wildman–Crippen MR) is 74.7 cm³/mol.